The van der Waals surface area contributed by atoms with Crippen molar-refractivity contribution in [2.45, 2.75) is 43.2 Å². The van der Waals surface area contributed by atoms with E-state index in [1.165, 1.54) is 6.20 Å². The van der Waals surface area contributed by atoms with Crippen LogP contribution in [-0.2, 0) is 4.74 Å². The predicted molar refractivity (Wildman–Crippen MR) is 111 cm³/mol. The molecule has 4 aliphatic rings. The molecule has 0 amide bonds. The fourth-order valence-corrected chi connectivity index (χ4v) is 5.76. The van der Waals surface area contributed by atoms with Gasteiger partial charge in [-0.05, 0) is 19.4 Å². The van der Waals surface area contributed by atoms with Gasteiger partial charge in [-0.2, -0.15) is 9.97 Å². The molecule has 2 aromatic rings. The first kappa shape index (κ1) is 20.7. The third kappa shape index (κ3) is 3.21. The maximum Gasteiger partial charge on any atom is 0.319 e. The van der Waals surface area contributed by atoms with E-state index in [1.54, 1.807) is 4.90 Å². The summed E-state index contributed by atoms with van der Waals surface area (Å²) in [6.07, 6.45) is 1.67. The highest BCUT2D eigenvalue weighted by molar-refractivity contribution is 6.30. The van der Waals surface area contributed by atoms with E-state index in [2.05, 4.69) is 19.9 Å². The fourth-order valence-electron chi connectivity index (χ4n) is 5.62. The van der Waals surface area contributed by atoms with Crippen LogP contribution in [0.15, 0.2) is 6.20 Å². The van der Waals surface area contributed by atoms with Crippen molar-refractivity contribution in [1.82, 2.24) is 19.9 Å². The second kappa shape index (κ2) is 7.56. The van der Waals surface area contributed by atoms with Gasteiger partial charge in [-0.25, -0.2) is 18.2 Å². The number of alkyl halides is 2. The number of fused-ring (bicyclic) bond motifs is 3. The Balaban J connectivity index is 1.38. The second-order valence-corrected chi connectivity index (χ2v) is 9.54. The lowest BCUT2D eigenvalue weighted by molar-refractivity contribution is 0.107. The van der Waals surface area contributed by atoms with Gasteiger partial charge in [0.25, 0.3) is 0 Å². The Hall–Kier alpha value is -1.91. The summed E-state index contributed by atoms with van der Waals surface area (Å²) in [4.78, 5) is 16.6. The molecule has 0 unspecified atom stereocenters. The molecule has 1 aliphatic carbocycles. The van der Waals surface area contributed by atoms with E-state index in [-0.39, 0.29) is 29.2 Å². The Kier molecular flexibility index (Phi) is 4.89. The summed E-state index contributed by atoms with van der Waals surface area (Å²) >= 11 is 5.90. The van der Waals surface area contributed by atoms with Crippen molar-refractivity contribution in [2.24, 2.45) is 5.92 Å². The molecule has 6 rings (SSSR count). The van der Waals surface area contributed by atoms with Gasteiger partial charge in [0, 0.05) is 31.6 Å². The summed E-state index contributed by atoms with van der Waals surface area (Å²) in [5.41, 5.74) is -0.424. The van der Waals surface area contributed by atoms with Crippen LogP contribution in [0.4, 0.5) is 19.0 Å². The largest absolute Gasteiger partial charge is 0.461 e. The number of ether oxygens (including phenoxy) is 2. The van der Waals surface area contributed by atoms with Crippen molar-refractivity contribution in [3.63, 3.8) is 0 Å². The van der Waals surface area contributed by atoms with Gasteiger partial charge < -0.3 is 14.4 Å². The lowest BCUT2D eigenvalue weighted by Gasteiger charge is -2.31. The Labute approximate surface area is 187 Å². The molecule has 0 radical (unpaired) electrons. The van der Waals surface area contributed by atoms with Crippen molar-refractivity contribution in [1.29, 1.82) is 0 Å². The highest BCUT2D eigenvalue weighted by Gasteiger charge is 2.56. The SMILES string of the molecule is Fc1c(Cl)ncc2c(N3CCOC[C@H]4[C@H](F)[C@H]43)nc(OC[C@@]34CCCN3C[C@H](F)C4)nc12. The summed E-state index contributed by atoms with van der Waals surface area (Å²) in [6.45, 7) is 2.59. The van der Waals surface area contributed by atoms with Crippen LogP contribution >= 0.6 is 11.6 Å². The van der Waals surface area contributed by atoms with Gasteiger partial charge in [-0.1, -0.05) is 11.6 Å². The standard InChI is InChI=1S/C21H23ClF3N5O2/c22-18-15(25)16-12(7-26-18)19(30-4-5-31-9-13-14(24)17(13)30)28-20(27-16)32-10-21-2-1-3-29(21)8-11(23)6-21/h7,11,13-14,17H,1-6,8-10H2/t11-,13+,14+,17+,21+/m1/s1. The molecule has 11 heteroatoms. The molecule has 0 bridgehead atoms. The lowest BCUT2D eigenvalue weighted by atomic mass is 9.95. The van der Waals surface area contributed by atoms with Crippen LogP contribution in [-0.4, -0.2) is 83.2 Å². The Morgan fingerprint density at radius 1 is 1.28 bits per heavy atom. The lowest BCUT2D eigenvalue weighted by Crippen LogP contribution is -2.43. The highest BCUT2D eigenvalue weighted by Crippen LogP contribution is 2.45. The summed E-state index contributed by atoms with van der Waals surface area (Å²) in [5, 5.41) is 0.0286. The first-order valence-corrected chi connectivity index (χ1v) is 11.4. The van der Waals surface area contributed by atoms with Gasteiger partial charge in [0.2, 0.25) is 0 Å². The van der Waals surface area contributed by atoms with Crippen LogP contribution in [0.25, 0.3) is 10.9 Å². The zero-order valence-corrected chi connectivity index (χ0v) is 18.1. The van der Waals surface area contributed by atoms with Crippen molar-refractivity contribution < 1.29 is 22.6 Å². The number of hydrogen-bond donors (Lipinski definition) is 0. The molecule has 2 aromatic heterocycles. The van der Waals surface area contributed by atoms with E-state index in [4.69, 9.17) is 21.1 Å². The molecule has 172 valence electrons. The molecule has 0 N–H and O–H groups in total. The highest BCUT2D eigenvalue weighted by atomic mass is 35.5. The minimum absolute atomic E-state index is 0.0293. The number of halogens is 4. The van der Waals surface area contributed by atoms with Gasteiger partial charge in [0.15, 0.2) is 11.0 Å². The van der Waals surface area contributed by atoms with Crippen LogP contribution in [0.5, 0.6) is 6.01 Å². The topological polar surface area (TPSA) is 63.6 Å². The fraction of sp³-hybridized carbons (Fsp3) is 0.667. The third-order valence-corrected chi connectivity index (χ3v) is 7.55. The van der Waals surface area contributed by atoms with Crippen molar-refractivity contribution in [2.75, 3.05) is 44.4 Å². The van der Waals surface area contributed by atoms with E-state index >= 15 is 0 Å². The second-order valence-electron chi connectivity index (χ2n) is 9.19. The van der Waals surface area contributed by atoms with Crippen LogP contribution < -0.4 is 9.64 Å². The van der Waals surface area contributed by atoms with Crippen molar-refractivity contribution in [3.05, 3.63) is 17.2 Å². The van der Waals surface area contributed by atoms with Gasteiger partial charge in [-0.3, -0.25) is 4.90 Å². The molecule has 3 aliphatic heterocycles. The van der Waals surface area contributed by atoms with Crippen LogP contribution in [0.2, 0.25) is 5.15 Å². The molecule has 3 saturated heterocycles. The number of hydrogen-bond acceptors (Lipinski definition) is 7. The number of rotatable bonds is 4. The summed E-state index contributed by atoms with van der Waals surface area (Å²) < 4.78 is 54.9. The average Bonchev–Trinajstić information content (AvgIpc) is 3.18. The summed E-state index contributed by atoms with van der Waals surface area (Å²) in [6, 6.07) is -0.428. The van der Waals surface area contributed by atoms with Gasteiger partial charge >= 0.3 is 6.01 Å². The molecule has 1 saturated carbocycles. The molecule has 0 aromatic carbocycles. The van der Waals surface area contributed by atoms with Gasteiger partial charge in [0.1, 0.15) is 30.3 Å². The number of anilines is 1. The molecule has 5 atom stereocenters. The first-order chi connectivity index (χ1) is 15.5. The minimum Gasteiger partial charge on any atom is -0.461 e. The maximum atomic E-state index is 14.9. The average molecular weight is 470 g/mol. The Morgan fingerprint density at radius 3 is 3.03 bits per heavy atom. The molecule has 5 heterocycles. The number of nitrogens with zero attached hydrogens (tertiary/aromatic N) is 5. The summed E-state index contributed by atoms with van der Waals surface area (Å²) in [5.74, 6) is -0.676. The third-order valence-electron chi connectivity index (χ3n) is 7.28. The maximum absolute atomic E-state index is 14.9. The van der Waals surface area contributed by atoms with E-state index in [0.717, 1.165) is 19.4 Å². The normalized spacial score (nSPS) is 34.4. The number of pyridine rings is 1. The molecule has 4 fully saturated rings. The molecule has 7 nitrogen and oxygen atoms in total. The Bertz CT molecular complexity index is 1060. The molecule has 0 spiro atoms. The number of aromatic nitrogens is 3. The van der Waals surface area contributed by atoms with Crippen molar-refractivity contribution in [3.8, 4) is 6.01 Å². The molecule has 32 heavy (non-hydrogen) atoms. The Morgan fingerprint density at radius 2 is 2.16 bits per heavy atom. The quantitative estimate of drug-likeness (QED) is 0.638. The minimum atomic E-state index is -1.04. The zero-order chi connectivity index (χ0) is 22.0. The van der Waals surface area contributed by atoms with Gasteiger partial charge in [0.05, 0.1) is 30.2 Å². The zero-order valence-electron chi connectivity index (χ0n) is 17.3. The van der Waals surface area contributed by atoms with Crippen LogP contribution in [0, 0.1) is 11.7 Å². The monoisotopic (exact) mass is 469 g/mol. The smallest absolute Gasteiger partial charge is 0.319 e. The van der Waals surface area contributed by atoms with Crippen LogP contribution in [0.1, 0.15) is 19.3 Å². The van der Waals surface area contributed by atoms with E-state index in [1.807, 2.05) is 0 Å². The van der Waals surface area contributed by atoms with Crippen LogP contribution in [0.3, 0.4) is 0 Å². The van der Waals surface area contributed by atoms with E-state index in [0.29, 0.717) is 43.9 Å². The molecular weight excluding hydrogens is 447 g/mol. The van der Waals surface area contributed by atoms with E-state index in [9.17, 15) is 13.2 Å². The summed E-state index contributed by atoms with van der Waals surface area (Å²) in [7, 11) is 0. The first-order valence-electron chi connectivity index (χ1n) is 11.0. The predicted octanol–water partition coefficient (Wildman–Crippen LogP) is 2.95. The van der Waals surface area contributed by atoms with Crippen molar-refractivity contribution >= 4 is 28.3 Å². The molecular formula is C21H23ClF3N5O2. The van der Waals surface area contributed by atoms with Gasteiger partial charge in [-0.15, -0.1) is 0 Å². The van der Waals surface area contributed by atoms with E-state index < -0.39 is 29.7 Å².